The SMILES string of the molecule is COc1cccc([C@@H]2c3[nH]c4ccccc4c3C[C@H]3C(=O)N(c4ccccc4C(=O)O)C(=O)N23)c1. The van der Waals surface area contributed by atoms with Gasteiger partial charge in [0.25, 0.3) is 5.91 Å². The third-order valence-electron chi connectivity index (χ3n) is 6.83. The fraction of sp³-hybridized carbons (Fsp3) is 0.148. The van der Waals surface area contributed by atoms with E-state index in [0.29, 0.717) is 12.2 Å². The number of aromatic amines is 1. The Kier molecular flexibility index (Phi) is 4.63. The Bertz CT molecular complexity index is 1520. The normalized spacial score (nSPS) is 19.1. The van der Waals surface area contributed by atoms with E-state index in [-0.39, 0.29) is 11.3 Å². The van der Waals surface area contributed by atoms with Gasteiger partial charge in [-0.15, -0.1) is 0 Å². The van der Waals surface area contributed by atoms with Crippen LogP contribution in [0.3, 0.4) is 0 Å². The van der Waals surface area contributed by atoms with Gasteiger partial charge in [-0.3, -0.25) is 9.69 Å². The van der Waals surface area contributed by atoms with Gasteiger partial charge in [-0.2, -0.15) is 0 Å². The summed E-state index contributed by atoms with van der Waals surface area (Å²) >= 11 is 0. The van der Waals surface area contributed by atoms with Crippen LogP contribution in [-0.2, 0) is 11.2 Å². The summed E-state index contributed by atoms with van der Waals surface area (Å²) in [5.41, 5.74) is 3.50. The van der Waals surface area contributed by atoms with E-state index in [1.165, 1.54) is 12.1 Å². The zero-order valence-electron chi connectivity index (χ0n) is 18.8. The average Bonchev–Trinajstić information content (AvgIpc) is 3.37. The van der Waals surface area contributed by atoms with Crippen LogP contribution in [0, 0.1) is 0 Å². The zero-order chi connectivity index (χ0) is 24.3. The van der Waals surface area contributed by atoms with Crippen molar-refractivity contribution in [2.45, 2.75) is 18.5 Å². The number of H-pyrrole nitrogens is 1. The Balaban J connectivity index is 1.56. The van der Waals surface area contributed by atoms with E-state index in [2.05, 4.69) is 4.98 Å². The van der Waals surface area contributed by atoms with Crippen molar-refractivity contribution in [3.63, 3.8) is 0 Å². The molecule has 0 bridgehead atoms. The largest absolute Gasteiger partial charge is 0.497 e. The molecule has 4 aromatic rings. The van der Waals surface area contributed by atoms with Gasteiger partial charge in [0.2, 0.25) is 0 Å². The van der Waals surface area contributed by atoms with Gasteiger partial charge in [0.1, 0.15) is 17.8 Å². The molecule has 2 atom stereocenters. The van der Waals surface area contributed by atoms with Crippen LogP contribution in [0.15, 0.2) is 72.8 Å². The summed E-state index contributed by atoms with van der Waals surface area (Å²) in [6, 6.07) is 19.5. The van der Waals surface area contributed by atoms with Gasteiger partial charge in [-0.25, -0.2) is 14.5 Å². The van der Waals surface area contributed by atoms with Crippen LogP contribution in [0.5, 0.6) is 5.75 Å². The van der Waals surface area contributed by atoms with Crippen LogP contribution in [-0.4, -0.2) is 46.0 Å². The number of aromatic nitrogens is 1. The van der Waals surface area contributed by atoms with Crippen LogP contribution in [0.25, 0.3) is 10.9 Å². The van der Waals surface area contributed by atoms with Crippen molar-refractivity contribution < 1.29 is 24.2 Å². The molecule has 6 rings (SSSR count). The lowest BCUT2D eigenvalue weighted by molar-refractivity contribution is -0.120. The summed E-state index contributed by atoms with van der Waals surface area (Å²) < 4.78 is 5.43. The summed E-state index contributed by atoms with van der Waals surface area (Å²) in [7, 11) is 1.58. The molecule has 8 heteroatoms. The van der Waals surface area contributed by atoms with E-state index < -0.39 is 30.0 Å². The van der Waals surface area contributed by atoms with Crippen LogP contribution in [0.4, 0.5) is 10.5 Å². The van der Waals surface area contributed by atoms with Crippen molar-refractivity contribution >= 4 is 34.5 Å². The maximum Gasteiger partial charge on any atom is 0.337 e. The number of carboxylic acid groups (broad SMARTS) is 1. The van der Waals surface area contributed by atoms with Gasteiger partial charge in [0.15, 0.2) is 0 Å². The maximum atomic E-state index is 13.9. The molecule has 174 valence electrons. The maximum absolute atomic E-state index is 13.9. The number of carbonyl (C=O) groups is 3. The lowest BCUT2D eigenvalue weighted by atomic mass is 9.89. The molecule has 3 heterocycles. The molecular weight excluding hydrogens is 446 g/mol. The highest BCUT2D eigenvalue weighted by Gasteiger charge is 2.53. The predicted octanol–water partition coefficient (Wildman–Crippen LogP) is 4.36. The topological polar surface area (TPSA) is 103 Å². The van der Waals surface area contributed by atoms with Gasteiger partial charge in [-0.05, 0) is 41.5 Å². The molecule has 3 aromatic carbocycles. The number of aromatic carboxylic acids is 1. The Morgan fingerprint density at radius 3 is 2.60 bits per heavy atom. The molecule has 1 saturated heterocycles. The minimum atomic E-state index is -1.20. The van der Waals surface area contributed by atoms with Crippen molar-refractivity contribution in [2.24, 2.45) is 0 Å². The first-order valence-corrected chi connectivity index (χ1v) is 11.2. The molecule has 0 spiro atoms. The number of hydrogen-bond donors (Lipinski definition) is 2. The third kappa shape index (κ3) is 3.03. The van der Waals surface area contributed by atoms with Crippen molar-refractivity contribution in [1.29, 1.82) is 0 Å². The standard InChI is InChI=1S/C27H21N3O5/c1-35-16-8-6-7-15(13-16)24-23-19(17-9-2-4-11-20(17)28-23)14-22-25(31)30(27(34)29(22)24)21-12-5-3-10-18(21)26(32)33/h2-13,22,24,28H,14H2,1H3,(H,32,33)/t22-,24+/m0/s1. The molecule has 0 radical (unpaired) electrons. The summed E-state index contributed by atoms with van der Waals surface area (Å²) in [5, 5.41) is 10.7. The minimum absolute atomic E-state index is 0.0716. The number of nitrogens with zero attached hydrogens (tertiary/aromatic N) is 2. The number of fused-ring (bicyclic) bond motifs is 4. The molecular formula is C27H21N3O5. The second-order valence-corrected chi connectivity index (χ2v) is 8.65. The van der Waals surface area contributed by atoms with Gasteiger partial charge < -0.3 is 14.8 Å². The Morgan fingerprint density at radius 2 is 1.80 bits per heavy atom. The molecule has 1 fully saturated rings. The number of urea groups is 1. The van der Waals surface area contributed by atoms with Crippen molar-refractivity contribution in [3.8, 4) is 5.75 Å². The molecule has 0 saturated carbocycles. The Labute approximate surface area is 200 Å². The number of hydrogen-bond acceptors (Lipinski definition) is 4. The van der Waals surface area contributed by atoms with Crippen molar-refractivity contribution in [1.82, 2.24) is 9.88 Å². The number of imide groups is 1. The Hall–Kier alpha value is -4.59. The van der Waals surface area contributed by atoms with Gasteiger partial charge in [-0.1, -0.05) is 42.5 Å². The van der Waals surface area contributed by atoms with Gasteiger partial charge in [0.05, 0.1) is 18.4 Å². The fourth-order valence-corrected chi connectivity index (χ4v) is 5.30. The number of nitrogens with one attached hydrogen (secondary N) is 1. The van der Waals surface area contributed by atoms with Gasteiger partial charge in [0, 0.05) is 23.0 Å². The number of carboxylic acids is 1. The Morgan fingerprint density at radius 1 is 1.03 bits per heavy atom. The van der Waals surface area contributed by atoms with Crippen LogP contribution in [0.2, 0.25) is 0 Å². The number of para-hydroxylation sites is 2. The lowest BCUT2D eigenvalue weighted by Crippen LogP contribution is -2.44. The number of anilines is 1. The first kappa shape index (κ1) is 21.0. The molecule has 2 aliphatic heterocycles. The monoisotopic (exact) mass is 467 g/mol. The van der Waals surface area contributed by atoms with Crippen LogP contribution < -0.4 is 9.64 Å². The van der Waals surface area contributed by atoms with E-state index in [4.69, 9.17) is 4.74 Å². The van der Waals surface area contributed by atoms with Crippen molar-refractivity contribution in [3.05, 3.63) is 95.2 Å². The smallest absolute Gasteiger partial charge is 0.337 e. The summed E-state index contributed by atoms with van der Waals surface area (Å²) in [6.45, 7) is 0. The summed E-state index contributed by atoms with van der Waals surface area (Å²) in [5.74, 6) is -1.01. The molecule has 35 heavy (non-hydrogen) atoms. The summed E-state index contributed by atoms with van der Waals surface area (Å²) in [4.78, 5) is 45.5. The average molecular weight is 467 g/mol. The molecule has 2 N–H and O–H groups in total. The minimum Gasteiger partial charge on any atom is -0.497 e. The number of methoxy groups -OCH3 is 1. The van der Waals surface area contributed by atoms with Gasteiger partial charge >= 0.3 is 12.0 Å². The second-order valence-electron chi connectivity index (χ2n) is 8.65. The molecule has 8 nitrogen and oxygen atoms in total. The van der Waals surface area contributed by atoms with E-state index >= 15 is 0 Å². The van der Waals surface area contributed by atoms with Crippen molar-refractivity contribution in [2.75, 3.05) is 12.0 Å². The fourth-order valence-electron chi connectivity index (χ4n) is 5.30. The number of ether oxygens (including phenoxy) is 1. The van der Waals surface area contributed by atoms with Crippen LogP contribution >= 0.6 is 0 Å². The summed E-state index contributed by atoms with van der Waals surface area (Å²) in [6.07, 6.45) is 0.329. The quantitative estimate of drug-likeness (QED) is 0.434. The predicted molar refractivity (Wildman–Crippen MR) is 129 cm³/mol. The third-order valence-corrected chi connectivity index (χ3v) is 6.83. The highest BCUT2D eigenvalue weighted by molar-refractivity contribution is 6.23. The number of carbonyl (C=O) groups excluding carboxylic acids is 2. The van der Waals surface area contributed by atoms with Crippen LogP contribution in [0.1, 0.15) is 33.2 Å². The molecule has 3 amide bonds. The number of benzene rings is 3. The van der Waals surface area contributed by atoms with E-state index in [0.717, 1.165) is 32.6 Å². The first-order chi connectivity index (χ1) is 17.0. The van der Waals surface area contributed by atoms with E-state index in [9.17, 15) is 19.5 Å². The highest BCUT2D eigenvalue weighted by atomic mass is 16.5. The molecule has 0 unspecified atom stereocenters. The highest BCUT2D eigenvalue weighted by Crippen LogP contribution is 2.45. The molecule has 2 aliphatic rings. The number of rotatable bonds is 4. The molecule has 0 aliphatic carbocycles. The lowest BCUT2D eigenvalue weighted by Gasteiger charge is -2.36. The van der Waals surface area contributed by atoms with E-state index in [1.807, 2.05) is 48.5 Å². The molecule has 1 aromatic heterocycles. The number of amides is 3. The first-order valence-electron chi connectivity index (χ1n) is 11.2. The second kappa shape index (κ2) is 7.73. The van der Waals surface area contributed by atoms with E-state index in [1.54, 1.807) is 24.1 Å². The zero-order valence-corrected chi connectivity index (χ0v) is 18.8.